The van der Waals surface area contributed by atoms with Crippen LogP contribution in [-0.4, -0.2) is 147 Å². The third kappa shape index (κ3) is 24.8. The Labute approximate surface area is 532 Å². The van der Waals surface area contributed by atoms with Gasteiger partial charge in [0.2, 0.25) is 47.3 Å². The highest BCUT2D eigenvalue weighted by Crippen LogP contribution is 2.22. The highest BCUT2D eigenvalue weighted by Gasteiger charge is 2.38. The molecule has 3 aromatic carbocycles. The molecule has 0 aliphatic carbocycles. The molecule has 0 spiro atoms. The molecule has 0 aliphatic rings. The van der Waals surface area contributed by atoms with Gasteiger partial charge in [0.15, 0.2) is 5.96 Å². The first-order chi connectivity index (χ1) is 43.1. The Morgan fingerprint density at radius 2 is 0.934 bits per heavy atom. The van der Waals surface area contributed by atoms with Crippen molar-refractivity contribution in [2.24, 2.45) is 51.6 Å². The van der Waals surface area contributed by atoms with Gasteiger partial charge in [-0.3, -0.25) is 43.3 Å². The number of para-hydroxylation sites is 1. The lowest BCUT2D eigenvalue weighted by molar-refractivity contribution is -0.143. The molecule has 0 saturated heterocycles. The molecule has 91 heavy (non-hydrogen) atoms. The fourth-order valence-corrected chi connectivity index (χ4v) is 10.2. The lowest BCUT2D eigenvalue weighted by Gasteiger charge is -2.31. The molecular weight excluding hydrogens is 1170 g/mol. The van der Waals surface area contributed by atoms with E-state index in [0.29, 0.717) is 42.4 Å². The van der Waals surface area contributed by atoms with Gasteiger partial charge in [-0.15, -0.1) is 0 Å². The largest absolute Gasteiger partial charge is 0.508 e. The Kier molecular flexibility index (Phi) is 30.7. The van der Waals surface area contributed by atoms with E-state index >= 15 is 0 Å². The molecule has 1 heterocycles. The second-order valence-corrected chi connectivity index (χ2v) is 24.4. The van der Waals surface area contributed by atoms with Gasteiger partial charge in [-0.05, 0) is 129 Å². The van der Waals surface area contributed by atoms with Crippen LogP contribution in [0.4, 0.5) is 0 Å². The van der Waals surface area contributed by atoms with E-state index in [9.17, 15) is 58.5 Å². The van der Waals surface area contributed by atoms with Gasteiger partial charge in [0.1, 0.15) is 59.8 Å². The van der Waals surface area contributed by atoms with Gasteiger partial charge in [-0.25, -0.2) is 4.79 Å². The molecule has 0 radical (unpaired) electrons. The van der Waals surface area contributed by atoms with Gasteiger partial charge in [-0.2, -0.15) is 0 Å². The number of aliphatic imine (C=N–C) groups is 1. The first-order valence-corrected chi connectivity index (χ1v) is 31.4. The number of phenolic OH excluding ortho intramolecular Hbond substituents is 2. The summed E-state index contributed by atoms with van der Waals surface area (Å²) in [5.74, 6) is -8.77. The third-order valence-electron chi connectivity index (χ3n) is 15.9. The molecule has 0 unspecified atom stereocenters. The number of aromatic hydroxyl groups is 2. The number of carboxylic acids is 1. The number of carbonyl (C=O) groups is 9. The number of aromatic amines is 1. The quantitative estimate of drug-likeness (QED) is 0.0173. The average Bonchev–Trinajstić information content (AvgIpc) is 3.00. The summed E-state index contributed by atoms with van der Waals surface area (Å²) in [6.07, 6.45) is 3.35. The standard InChI is InChI=1S/C65H98N14O12/c1-9-38(7)54(62(88)77-53(64(90)91)31-37(5)6)79-63(89)55(39(8)10-2)78-61(87)52(34-42-35-71-47-17-12-11-16-45(42)47)76-58(84)49(19-15-29-70-65(68)69)72-57(83)48(18-13-14-28-66)73-60(86)51(33-41-22-26-44(81)27-23-41)75-59(85)50(30-36(3)4)74-56(82)46(67)32-40-20-24-43(80)25-21-40/h11-12,16-17,20-27,35-39,46,48-55,71,80-81H,9-10,13-15,18-19,28-34,66-67H2,1-8H3,(H,72,83)(H,73,86)(H,74,82)(H,75,85)(H,76,84)(H,77,88)(H,78,87)(H,79,89)(H,90,91)(H4,68,69,70)/t38-,39-,46-,48-,49-,50-,51-,52-,53-,54-,55-/m0/s1. The zero-order valence-corrected chi connectivity index (χ0v) is 53.7. The van der Waals surface area contributed by atoms with Gasteiger partial charge < -0.3 is 85.8 Å². The number of guanidine groups is 1. The Morgan fingerprint density at radius 1 is 0.505 bits per heavy atom. The summed E-state index contributed by atoms with van der Waals surface area (Å²) in [5.41, 5.74) is 26.0. The number of nitrogens with zero attached hydrogens (tertiary/aromatic N) is 1. The first-order valence-electron chi connectivity index (χ1n) is 31.4. The minimum absolute atomic E-state index is 0.00420. The molecule has 0 saturated carbocycles. The van der Waals surface area contributed by atoms with Crippen molar-refractivity contribution < 1.29 is 58.5 Å². The van der Waals surface area contributed by atoms with Gasteiger partial charge in [0.25, 0.3) is 0 Å². The molecule has 0 aliphatic heterocycles. The number of hydrogen-bond donors (Lipinski definition) is 16. The molecule has 1 aromatic heterocycles. The van der Waals surface area contributed by atoms with E-state index in [-0.39, 0.29) is 93.8 Å². The summed E-state index contributed by atoms with van der Waals surface area (Å²) in [6.45, 7) is 14.7. The maximum atomic E-state index is 15.0. The molecule has 4 rings (SSSR count). The summed E-state index contributed by atoms with van der Waals surface area (Å²) >= 11 is 0. The number of unbranched alkanes of at least 4 members (excludes halogenated alkanes) is 1. The van der Waals surface area contributed by atoms with Crippen LogP contribution >= 0.6 is 0 Å². The monoisotopic (exact) mass is 1270 g/mol. The Hall–Kier alpha value is -8.78. The van der Waals surface area contributed by atoms with E-state index in [4.69, 9.17) is 22.9 Å². The molecule has 26 nitrogen and oxygen atoms in total. The molecule has 500 valence electrons. The van der Waals surface area contributed by atoms with Crippen LogP contribution in [0.2, 0.25) is 0 Å². The van der Waals surface area contributed by atoms with Crippen molar-refractivity contribution in [2.75, 3.05) is 13.1 Å². The van der Waals surface area contributed by atoms with Crippen LogP contribution in [0.1, 0.15) is 130 Å². The Morgan fingerprint density at radius 3 is 1.45 bits per heavy atom. The van der Waals surface area contributed by atoms with Crippen molar-refractivity contribution in [1.82, 2.24) is 47.5 Å². The minimum Gasteiger partial charge on any atom is -0.508 e. The number of benzene rings is 3. The summed E-state index contributed by atoms with van der Waals surface area (Å²) in [6, 6.07) is 7.82. The molecule has 20 N–H and O–H groups in total. The molecule has 0 fully saturated rings. The van der Waals surface area contributed by atoms with Crippen molar-refractivity contribution in [3.63, 3.8) is 0 Å². The zero-order chi connectivity index (χ0) is 67.5. The van der Waals surface area contributed by atoms with E-state index in [1.165, 1.54) is 24.3 Å². The topological polar surface area (TPSA) is 443 Å². The Bertz CT molecular complexity index is 3060. The normalized spacial score (nSPS) is 15.0. The molecular formula is C65H98N14O12. The number of carboxylic acid groups (broad SMARTS) is 1. The van der Waals surface area contributed by atoms with Gasteiger partial charge in [0, 0.05) is 36.5 Å². The third-order valence-corrected chi connectivity index (χ3v) is 15.9. The van der Waals surface area contributed by atoms with Crippen LogP contribution in [0.5, 0.6) is 11.5 Å². The summed E-state index contributed by atoms with van der Waals surface area (Å²) in [7, 11) is 0. The Balaban J connectivity index is 1.71. The number of rotatable bonds is 39. The van der Waals surface area contributed by atoms with Gasteiger partial charge in [0.05, 0.1) is 6.04 Å². The van der Waals surface area contributed by atoms with Crippen LogP contribution in [-0.2, 0) is 62.4 Å². The molecule has 4 aromatic rings. The second kappa shape index (κ2) is 37.4. The number of amides is 8. The van der Waals surface area contributed by atoms with Crippen LogP contribution < -0.4 is 65.5 Å². The lowest BCUT2D eigenvalue weighted by atomic mass is 9.94. The van der Waals surface area contributed by atoms with E-state index < -0.39 is 119 Å². The summed E-state index contributed by atoms with van der Waals surface area (Å²) < 4.78 is 0. The predicted octanol–water partition coefficient (Wildman–Crippen LogP) is 2.26. The number of H-pyrrole nitrogens is 1. The molecule has 26 heteroatoms. The number of hydrogen-bond acceptors (Lipinski definition) is 14. The first kappa shape index (κ1) is 74.7. The SMILES string of the molecule is CC[C@H](C)[C@H](NC(=O)[C@H](Cc1c[nH]c2ccccc12)NC(=O)[C@H](CCCN=C(N)N)NC(=O)[C@H](CCCCN)NC(=O)[C@H](Cc1ccc(O)cc1)NC(=O)[C@H](CC(C)C)NC(=O)[C@@H](N)Cc1ccc(O)cc1)C(=O)N[C@H](C(=O)N[C@@H](CC(C)C)C(=O)O)[C@@H](C)CC. The maximum absolute atomic E-state index is 15.0. The number of aromatic nitrogens is 1. The number of fused-ring (bicyclic) bond motifs is 1. The summed E-state index contributed by atoms with van der Waals surface area (Å²) in [5, 5.41) is 52.7. The van der Waals surface area contributed by atoms with Crippen LogP contribution in [0.25, 0.3) is 10.9 Å². The van der Waals surface area contributed by atoms with Crippen LogP contribution in [0, 0.1) is 23.7 Å². The van der Waals surface area contributed by atoms with Crippen molar-refractivity contribution in [3.05, 3.63) is 95.7 Å². The maximum Gasteiger partial charge on any atom is 0.326 e. The smallest absolute Gasteiger partial charge is 0.326 e. The van der Waals surface area contributed by atoms with Crippen LogP contribution in [0.3, 0.4) is 0 Å². The average molecular weight is 1270 g/mol. The van der Waals surface area contributed by atoms with E-state index in [1.54, 1.807) is 50.4 Å². The lowest BCUT2D eigenvalue weighted by Crippen LogP contribution is -2.62. The van der Waals surface area contributed by atoms with Crippen molar-refractivity contribution in [3.8, 4) is 11.5 Å². The zero-order valence-electron chi connectivity index (χ0n) is 53.7. The van der Waals surface area contributed by atoms with Crippen molar-refractivity contribution in [1.29, 1.82) is 0 Å². The number of carbonyl (C=O) groups excluding carboxylic acids is 8. The highest BCUT2D eigenvalue weighted by molar-refractivity contribution is 5.99. The van der Waals surface area contributed by atoms with E-state index in [1.807, 2.05) is 59.7 Å². The molecule has 11 atom stereocenters. The van der Waals surface area contributed by atoms with Gasteiger partial charge in [-0.1, -0.05) is 111 Å². The highest BCUT2D eigenvalue weighted by atomic mass is 16.4. The van der Waals surface area contributed by atoms with Crippen molar-refractivity contribution >= 4 is 70.1 Å². The fraction of sp³-hybridized carbons (Fsp3) is 0.538. The van der Waals surface area contributed by atoms with Gasteiger partial charge >= 0.3 is 5.97 Å². The van der Waals surface area contributed by atoms with E-state index in [0.717, 1.165) is 10.9 Å². The van der Waals surface area contributed by atoms with Crippen LogP contribution in [0.15, 0.2) is 84.0 Å². The molecule has 8 amide bonds. The van der Waals surface area contributed by atoms with Crippen molar-refractivity contribution in [2.45, 2.75) is 187 Å². The number of aliphatic carboxylic acids is 1. The number of nitrogens with one attached hydrogen (secondary N) is 9. The fourth-order valence-electron chi connectivity index (χ4n) is 10.2. The summed E-state index contributed by atoms with van der Waals surface area (Å²) in [4.78, 5) is 135. The molecule has 0 bridgehead atoms. The number of nitrogens with two attached hydrogens (primary N) is 4. The predicted molar refractivity (Wildman–Crippen MR) is 347 cm³/mol. The minimum atomic E-state index is -1.42. The van der Waals surface area contributed by atoms with E-state index in [2.05, 4.69) is 52.5 Å². The second-order valence-electron chi connectivity index (χ2n) is 24.4. The number of phenols is 2.